The molecule has 2 aromatic heterocycles. The molecule has 17 heteroatoms. The highest BCUT2D eigenvalue weighted by Gasteiger charge is 2.13. The lowest BCUT2D eigenvalue weighted by Gasteiger charge is -2.05. The van der Waals surface area contributed by atoms with Crippen LogP contribution in [0, 0.1) is 68.6 Å². The lowest BCUT2D eigenvalue weighted by atomic mass is 10.1. The number of Topliss-reactive ketones (excluding diaryl/α,β-unsaturated/α-hetero) is 2. The van der Waals surface area contributed by atoms with E-state index >= 15 is 0 Å². The Labute approximate surface area is 346 Å². The van der Waals surface area contributed by atoms with Gasteiger partial charge in [0, 0.05) is 42.5 Å². The molecule has 6 rings (SSSR count). The number of hydrogen-bond acceptors (Lipinski definition) is 12. The Morgan fingerprint density at radius 2 is 1.08 bits per heavy atom. The van der Waals surface area contributed by atoms with E-state index in [1.807, 2.05) is 18.2 Å². The van der Waals surface area contributed by atoms with Crippen LogP contribution < -0.4 is 5.73 Å². The predicted molar refractivity (Wildman–Crippen MR) is 213 cm³/mol. The Kier molecular flexibility index (Phi) is 17.7. The summed E-state index contributed by atoms with van der Waals surface area (Å²) >= 11 is 5.65. The first-order valence-electron chi connectivity index (χ1n) is 16.9. The molecule has 0 aliphatic carbocycles. The normalized spacial score (nSPS) is 9.88. The second-order valence-electron chi connectivity index (χ2n) is 11.8. The number of nitrogen functional groups attached to an aromatic ring is 1. The summed E-state index contributed by atoms with van der Waals surface area (Å²) in [4.78, 5) is 39.8. The van der Waals surface area contributed by atoms with Gasteiger partial charge in [-0.3, -0.25) is 9.59 Å². The van der Waals surface area contributed by atoms with Crippen molar-refractivity contribution in [3.8, 4) is 46.8 Å². The fraction of sp³-hybridized carbons (Fsp3) is 0.0698. The lowest BCUT2D eigenvalue weighted by Crippen LogP contribution is -2.08. The average molecular weight is 829 g/mol. The molecule has 0 aliphatic rings. The predicted octanol–water partition coefficient (Wildman–Crippen LogP) is 8.44. The van der Waals surface area contributed by atoms with Crippen LogP contribution in [0.3, 0.4) is 0 Å². The maximum atomic E-state index is 12.7. The molecule has 12 nitrogen and oxygen atoms in total. The van der Waals surface area contributed by atoms with E-state index in [0.29, 0.717) is 44.8 Å². The summed E-state index contributed by atoms with van der Waals surface area (Å²) in [5.74, 6) is -2.09. The van der Waals surface area contributed by atoms with Crippen molar-refractivity contribution in [2.24, 2.45) is 0 Å². The molecule has 0 atom stereocenters. The quantitative estimate of drug-likeness (QED) is 0.0528. The first-order valence-corrected chi connectivity index (χ1v) is 17.3. The highest BCUT2D eigenvalue weighted by molar-refractivity contribution is 6.28. The largest absolute Gasteiger partial charge is 0.382 e. The molecule has 0 bridgehead atoms. The number of nitrogens with two attached hydrogens (primary N) is 1. The number of halogens is 5. The van der Waals surface area contributed by atoms with E-state index in [0.717, 1.165) is 0 Å². The standard InChI is InChI=1S/C12H11FN2O.C11H5ClFN3.C11H7FN4.C9H6FNO/c1-15(2)8-10(7-14)12(16)9-3-5-11(13)6-4-9;12-11-15-6-8(5-14)10(16-11)7-1-3-9(13)4-2-7;12-9-3-1-7(2-4-9)10-8(5-13)6-15-11(14)16-10;10-8-3-1-7(2-4-8)9(12)5-6-11/h3-6,8H,1-2H3;1-4,6H;1-4,6H,(H2,14,15,16);1-4H,5H2/b10-8+;;;. The van der Waals surface area contributed by atoms with Crippen molar-refractivity contribution in [2.45, 2.75) is 6.42 Å². The summed E-state index contributed by atoms with van der Waals surface area (Å²) in [5, 5.41) is 34.8. The number of ketones is 2. The molecule has 4 aromatic carbocycles. The van der Waals surface area contributed by atoms with E-state index < -0.39 is 11.6 Å². The molecule has 0 amide bonds. The van der Waals surface area contributed by atoms with Gasteiger partial charge in [-0.1, -0.05) is 0 Å². The van der Waals surface area contributed by atoms with Gasteiger partial charge in [0.1, 0.15) is 47.0 Å². The zero-order valence-electron chi connectivity index (χ0n) is 31.5. The number of benzene rings is 4. The molecule has 298 valence electrons. The number of nitriles is 4. The van der Waals surface area contributed by atoms with Crippen LogP contribution in [0.25, 0.3) is 22.5 Å². The first-order chi connectivity index (χ1) is 28.7. The Hall–Kier alpha value is -8.31. The van der Waals surface area contributed by atoms with Crippen molar-refractivity contribution in [1.82, 2.24) is 24.8 Å². The Morgan fingerprint density at radius 1 is 0.667 bits per heavy atom. The minimum atomic E-state index is -0.411. The van der Waals surface area contributed by atoms with E-state index in [4.69, 9.17) is 38.4 Å². The number of nitrogens with zero attached hydrogens (tertiary/aromatic N) is 9. The van der Waals surface area contributed by atoms with Crippen LogP contribution in [-0.2, 0) is 0 Å². The monoisotopic (exact) mass is 828 g/mol. The van der Waals surface area contributed by atoms with Gasteiger partial charge >= 0.3 is 0 Å². The highest BCUT2D eigenvalue weighted by atomic mass is 35.5. The third-order valence-electron chi connectivity index (χ3n) is 7.31. The number of rotatable bonds is 7. The second kappa shape index (κ2) is 23.0. The molecule has 0 unspecified atom stereocenters. The van der Waals surface area contributed by atoms with Gasteiger partial charge in [-0.05, 0) is 109 Å². The molecule has 6 aromatic rings. The van der Waals surface area contributed by atoms with Gasteiger partial charge < -0.3 is 10.6 Å². The molecule has 0 aliphatic heterocycles. The summed E-state index contributed by atoms with van der Waals surface area (Å²) in [6.07, 6.45) is 3.96. The molecule has 0 saturated heterocycles. The van der Waals surface area contributed by atoms with Crippen LogP contribution in [0.4, 0.5) is 23.5 Å². The minimum absolute atomic E-state index is 0.0246. The summed E-state index contributed by atoms with van der Waals surface area (Å²) in [6, 6.07) is 29.1. The van der Waals surface area contributed by atoms with Gasteiger partial charge in [0.05, 0.1) is 47.4 Å². The van der Waals surface area contributed by atoms with E-state index in [9.17, 15) is 27.2 Å². The van der Waals surface area contributed by atoms with Crippen molar-refractivity contribution >= 4 is 29.1 Å². The second-order valence-corrected chi connectivity index (χ2v) is 12.2. The third-order valence-corrected chi connectivity index (χ3v) is 7.49. The molecule has 2 heterocycles. The van der Waals surface area contributed by atoms with Crippen molar-refractivity contribution in [3.63, 3.8) is 0 Å². The molecule has 2 N–H and O–H groups in total. The summed E-state index contributed by atoms with van der Waals surface area (Å²) in [7, 11) is 3.44. The maximum Gasteiger partial charge on any atom is 0.222 e. The van der Waals surface area contributed by atoms with E-state index in [-0.39, 0.29) is 46.5 Å². The van der Waals surface area contributed by atoms with Gasteiger partial charge in [-0.15, -0.1) is 0 Å². The van der Waals surface area contributed by atoms with Crippen LogP contribution in [0.15, 0.2) is 121 Å². The zero-order valence-corrected chi connectivity index (χ0v) is 32.2. The van der Waals surface area contributed by atoms with E-state index in [1.54, 1.807) is 25.1 Å². The van der Waals surface area contributed by atoms with Crippen molar-refractivity contribution in [3.05, 3.63) is 172 Å². The van der Waals surface area contributed by atoms with Crippen LogP contribution in [-0.4, -0.2) is 50.5 Å². The first kappa shape index (κ1) is 46.1. The molecule has 60 heavy (non-hydrogen) atoms. The van der Waals surface area contributed by atoms with E-state index in [2.05, 4.69) is 19.9 Å². The smallest absolute Gasteiger partial charge is 0.222 e. The third kappa shape index (κ3) is 14.3. The number of anilines is 1. The summed E-state index contributed by atoms with van der Waals surface area (Å²) < 4.78 is 50.5. The van der Waals surface area contributed by atoms with Crippen LogP contribution in [0.5, 0.6) is 0 Å². The number of hydrogen-bond donors (Lipinski definition) is 1. The molecule has 0 fully saturated rings. The fourth-order valence-electron chi connectivity index (χ4n) is 4.54. The number of allylic oxidation sites excluding steroid dienone is 1. The van der Waals surface area contributed by atoms with Gasteiger partial charge in [-0.25, -0.2) is 37.5 Å². The fourth-order valence-corrected chi connectivity index (χ4v) is 4.67. The topological polar surface area (TPSA) is 210 Å². The maximum absolute atomic E-state index is 12.7. The molecule has 0 spiro atoms. The van der Waals surface area contributed by atoms with Crippen molar-refractivity contribution < 1.29 is 27.2 Å². The molecular weight excluding hydrogens is 800 g/mol. The minimum Gasteiger partial charge on any atom is -0.382 e. The summed E-state index contributed by atoms with van der Waals surface area (Å²) in [6.45, 7) is 0. The molecule has 0 saturated carbocycles. The van der Waals surface area contributed by atoms with E-state index in [1.165, 1.54) is 116 Å². The molecular formula is C43H29ClF4N10O2. The summed E-state index contributed by atoms with van der Waals surface area (Å²) in [5.41, 5.74) is 8.83. The Bertz CT molecular complexity index is 2530. The highest BCUT2D eigenvalue weighted by Crippen LogP contribution is 2.23. The number of aromatic nitrogens is 4. The number of carbonyl (C=O) groups excluding carboxylic acids is 2. The van der Waals surface area contributed by atoms with Crippen LogP contribution in [0.2, 0.25) is 5.28 Å². The van der Waals surface area contributed by atoms with Crippen molar-refractivity contribution in [2.75, 3.05) is 19.8 Å². The van der Waals surface area contributed by atoms with Crippen LogP contribution in [0.1, 0.15) is 38.3 Å². The lowest BCUT2D eigenvalue weighted by molar-refractivity contribution is 0.0996. The van der Waals surface area contributed by atoms with Gasteiger partial charge in [-0.2, -0.15) is 21.0 Å². The SMILES string of the molecule is CN(C)/C=C(\C#N)C(=O)c1ccc(F)cc1.N#CCC(=O)c1ccc(F)cc1.N#Cc1cnc(Cl)nc1-c1ccc(F)cc1.N#Cc1cnc(N)nc1-c1ccc(F)cc1. The Balaban J connectivity index is 0.000000215. The number of carbonyl (C=O) groups is 2. The molecule has 0 radical (unpaired) electrons. The van der Waals surface area contributed by atoms with Crippen LogP contribution >= 0.6 is 11.6 Å². The van der Waals surface area contributed by atoms with Gasteiger partial charge in [0.25, 0.3) is 0 Å². The van der Waals surface area contributed by atoms with Gasteiger partial charge in [0.15, 0.2) is 5.78 Å². The average Bonchev–Trinajstić information content (AvgIpc) is 3.24. The van der Waals surface area contributed by atoms with Gasteiger partial charge in [0.2, 0.25) is 17.0 Å². The Morgan fingerprint density at radius 3 is 1.50 bits per heavy atom. The van der Waals surface area contributed by atoms with Crippen molar-refractivity contribution in [1.29, 1.82) is 21.0 Å². The zero-order chi connectivity index (χ0) is 44.2.